The quantitative estimate of drug-likeness (QED) is 0.676. The second kappa shape index (κ2) is 3.53. The summed E-state index contributed by atoms with van der Waals surface area (Å²) in [4.78, 5) is 0. The van der Waals surface area contributed by atoms with Crippen LogP contribution in [0.5, 0.6) is 5.75 Å². The van der Waals surface area contributed by atoms with Crippen LogP contribution in [-0.2, 0) is 0 Å². The van der Waals surface area contributed by atoms with Gasteiger partial charge in [0.25, 0.3) is 0 Å². The largest absolute Gasteiger partial charge is 0.456 e. The van der Waals surface area contributed by atoms with Crippen LogP contribution in [-0.4, -0.2) is 0 Å². The first-order valence-corrected chi connectivity index (χ1v) is 5.65. The van der Waals surface area contributed by atoms with Crippen LogP contribution in [0.2, 0.25) is 0 Å². The van der Waals surface area contributed by atoms with Crippen LogP contribution in [0, 0.1) is 13.8 Å². The van der Waals surface area contributed by atoms with Crippen molar-refractivity contribution in [2.45, 2.75) is 20.8 Å². The van der Waals surface area contributed by atoms with E-state index in [1.54, 1.807) is 0 Å². The summed E-state index contributed by atoms with van der Waals surface area (Å²) in [5.41, 5.74) is 4.84. The summed E-state index contributed by atoms with van der Waals surface area (Å²) in [5.74, 6) is 1.59. The number of allylic oxidation sites excluding steroid dienone is 2. The van der Waals surface area contributed by atoms with E-state index in [1.807, 2.05) is 6.08 Å². The van der Waals surface area contributed by atoms with Gasteiger partial charge in [0.2, 0.25) is 0 Å². The Labute approximate surface area is 98.6 Å². The molecule has 1 aromatic carbocycles. The molecule has 0 atom stereocenters. The fourth-order valence-corrected chi connectivity index (χ4v) is 2.33. The predicted molar refractivity (Wildman–Crippen MR) is 67.0 cm³/mol. The number of hydrogen-bond acceptors (Lipinski definition) is 1. The number of halogens is 1. The Morgan fingerprint density at radius 3 is 2.60 bits per heavy atom. The summed E-state index contributed by atoms with van der Waals surface area (Å²) in [6.45, 7) is 10.1. The summed E-state index contributed by atoms with van der Waals surface area (Å²) in [6.07, 6.45) is 1.96. The zero-order valence-electron chi connectivity index (χ0n) is 9.15. The Balaban J connectivity index is 2.75. The molecular formula is C13H13BrO. The van der Waals surface area contributed by atoms with Crippen molar-refractivity contribution in [3.8, 4) is 5.75 Å². The number of aryl methyl sites for hydroxylation is 1. The lowest BCUT2D eigenvalue weighted by atomic mass is 9.98. The Kier molecular flexibility index (Phi) is 2.47. The molecule has 0 spiro atoms. The molecule has 0 saturated heterocycles. The molecule has 1 heterocycles. The van der Waals surface area contributed by atoms with Crippen molar-refractivity contribution in [2.24, 2.45) is 0 Å². The van der Waals surface area contributed by atoms with Gasteiger partial charge in [-0.15, -0.1) is 0 Å². The van der Waals surface area contributed by atoms with Crippen molar-refractivity contribution in [2.75, 3.05) is 0 Å². The Morgan fingerprint density at radius 1 is 1.27 bits per heavy atom. The Bertz CT molecular complexity index is 484. The lowest BCUT2D eigenvalue weighted by molar-refractivity contribution is 0.437. The SMILES string of the molecule is C=C1C=C(C)c2cc(C)c(C)c(Br)c2O1. The highest BCUT2D eigenvalue weighted by Crippen LogP contribution is 2.41. The molecule has 1 aromatic rings. The Morgan fingerprint density at radius 2 is 1.93 bits per heavy atom. The van der Waals surface area contributed by atoms with Gasteiger partial charge in [-0.25, -0.2) is 0 Å². The third kappa shape index (κ3) is 1.63. The van der Waals surface area contributed by atoms with Crippen molar-refractivity contribution in [1.82, 2.24) is 0 Å². The predicted octanol–water partition coefficient (Wildman–Crippen LogP) is 4.38. The van der Waals surface area contributed by atoms with Crippen molar-refractivity contribution < 1.29 is 4.74 Å². The number of fused-ring (bicyclic) bond motifs is 1. The number of ether oxygens (including phenoxy) is 1. The highest BCUT2D eigenvalue weighted by molar-refractivity contribution is 9.10. The summed E-state index contributed by atoms with van der Waals surface area (Å²) in [7, 11) is 0. The van der Waals surface area contributed by atoms with E-state index in [9.17, 15) is 0 Å². The highest BCUT2D eigenvalue weighted by Gasteiger charge is 2.18. The maximum Gasteiger partial charge on any atom is 0.149 e. The molecule has 0 N–H and O–H groups in total. The highest BCUT2D eigenvalue weighted by atomic mass is 79.9. The van der Waals surface area contributed by atoms with Gasteiger partial charge in [0.15, 0.2) is 0 Å². The number of benzene rings is 1. The summed E-state index contributed by atoms with van der Waals surface area (Å²) >= 11 is 3.58. The topological polar surface area (TPSA) is 9.23 Å². The van der Waals surface area contributed by atoms with E-state index in [0.717, 1.165) is 15.8 Å². The smallest absolute Gasteiger partial charge is 0.149 e. The van der Waals surface area contributed by atoms with Crippen molar-refractivity contribution in [1.29, 1.82) is 0 Å². The van der Waals surface area contributed by atoms with Gasteiger partial charge < -0.3 is 4.74 Å². The molecule has 0 bridgehead atoms. The minimum absolute atomic E-state index is 0.698. The van der Waals surface area contributed by atoms with E-state index < -0.39 is 0 Å². The summed E-state index contributed by atoms with van der Waals surface area (Å²) in [6, 6.07) is 2.16. The fraction of sp³-hybridized carbons (Fsp3) is 0.231. The maximum atomic E-state index is 5.65. The molecule has 0 radical (unpaired) electrons. The van der Waals surface area contributed by atoms with Crippen molar-refractivity contribution in [3.63, 3.8) is 0 Å². The van der Waals surface area contributed by atoms with Gasteiger partial charge in [0.05, 0.1) is 4.47 Å². The first-order chi connectivity index (χ1) is 7.00. The molecule has 78 valence electrons. The minimum Gasteiger partial charge on any atom is -0.456 e. The van der Waals surface area contributed by atoms with E-state index in [0.29, 0.717) is 5.76 Å². The van der Waals surface area contributed by atoms with Crippen LogP contribution in [0.1, 0.15) is 23.6 Å². The number of hydrogen-bond donors (Lipinski definition) is 0. The fourth-order valence-electron chi connectivity index (χ4n) is 1.72. The van der Waals surface area contributed by atoms with Gasteiger partial charge in [0, 0.05) is 5.56 Å². The second-order valence-electron chi connectivity index (χ2n) is 3.90. The van der Waals surface area contributed by atoms with Gasteiger partial charge in [-0.05, 0) is 65.5 Å². The maximum absolute atomic E-state index is 5.65. The van der Waals surface area contributed by atoms with Crippen LogP contribution in [0.25, 0.3) is 5.57 Å². The monoisotopic (exact) mass is 264 g/mol. The molecule has 2 rings (SSSR count). The van der Waals surface area contributed by atoms with E-state index in [2.05, 4.69) is 49.3 Å². The molecule has 0 fully saturated rings. The van der Waals surface area contributed by atoms with Crippen LogP contribution in [0.3, 0.4) is 0 Å². The molecule has 15 heavy (non-hydrogen) atoms. The van der Waals surface area contributed by atoms with Gasteiger partial charge in [-0.1, -0.05) is 6.58 Å². The van der Waals surface area contributed by atoms with Crippen molar-refractivity contribution in [3.05, 3.63) is 45.6 Å². The van der Waals surface area contributed by atoms with E-state index in [4.69, 9.17) is 4.74 Å². The minimum atomic E-state index is 0.698. The second-order valence-corrected chi connectivity index (χ2v) is 4.70. The Hall–Kier alpha value is -1.02. The molecule has 0 unspecified atom stereocenters. The van der Waals surface area contributed by atoms with E-state index >= 15 is 0 Å². The average Bonchev–Trinajstić information content (AvgIpc) is 2.17. The lowest BCUT2D eigenvalue weighted by Gasteiger charge is -2.21. The molecule has 1 aliphatic heterocycles. The molecule has 0 aliphatic carbocycles. The van der Waals surface area contributed by atoms with Crippen LogP contribution >= 0.6 is 15.9 Å². The first kappa shape index (κ1) is 10.5. The normalized spacial score (nSPS) is 14.4. The standard InChI is InChI=1S/C13H13BrO/c1-7-6-11-8(2)5-9(3)15-13(11)12(14)10(7)4/h5-6H,3H2,1-2,4H3. The van der Waals surface area contributed by atoms with Crippen LogP contribution in [0.15, 0.2) is 29.0 Å². The summed E-state index contributed by atoms with van der Waals surface area (Å²) < 4.78 is 6.68. The summed E-state index contributed by atoms with van der Waals surface area (Å²) in [5, 5.41) is 0. The third-order valence-electron chi connectivity index (χ3n) is 2.76. The zero-order chi connectivity index (χ0) is 11.2. The van der Waals surface area contributed by atoms with Crippen LogP contribution < -0.4 is 4.74 Å². The molecule has 0 aromatic heterocycles. The first-order valence-electron chi connectivity index (χ1n) is 4.86. The molecular weight excluding hydrogens is 252 g/mol. The van der Waals surface area contributed by atoms with Gasteiger partial charge in [0.1, 0.15) is 11.5 Å². The zero-order valence-corrected chi connectivity index (χ0v) is 10.7. The average molecular weight is 265 g/mol. The molecule has 1 aliphatic rings. The van der Waals surface area contributed by atoms with E-state index in [1.165, 1.54) is 16.7 Å². The molecule has 2 heteroatoms. The number of rotatable bonds is 0. The molecule has 1 nitrogen and oxygen atoms in total. The van der Waals surface area contributed by atoms with Gasteiger partial charge in [-0.2, -0.15) is 0 Å². The van der Waals surface area contributed by atoms with Crippen molar-refractivity contribution >= 4 is 21.5 Å². The van der Waals surface area contributed by atoms with Gasteiger partial charge >= 0.3 is 0 Å². The third-order valence-corrected chi connectivity index (χ3v) is 3.72. The molecule has 0 saturated carbocycles. The lowest BCUT2D eigenvalue weighted by Crippen LogP contribution is -2.03. The van der Waals surface area contributed by atoms with Gasteiger partial charge in [-0.3, -0.25) is 0 Å². The van der Waals surface area contributed by atoms with E-state index in [-0.39, 0.29) is 0 Å². The molecule has 0 amide bonds. The van der Waals surface area contributed by atoms with Crippen LogP contribution in [0.4, 0.5) is 0 Å².